The van der Waals surface area contributed by atoms with Gasteiger partial charge in [-0.15, -0.1) is 0 Å². The van der Waals surface area contributed by atoms with E-state index in [1.54, 1.807) is 30.6 Å². The maximum Gasteiger partial charge on any atom is 0.387 e. The predicted octanol–water partition coefficient (Wildman–Crippen LogP) is 3.08. The van der Waals surface area contributed by atoms with Gasteiger partial charge in [0.2, 0.25) is 0 Å². The van der Waals surface area contributed by atoms with E-state index in [1.165, 1.54) is 12.1 Å². The molecule has 7 heteroatoms. The van der Waals surface area contributed by atoms with Gasteiger partial charge in [-0.2, -0.15) is 8.78 Å². The van der Waals surface area contributed by atoms with E-state index in [-0.39, 0.29) is 11.8 Å². The lowest BCUT2D eigenvalue weighted by Gasteiger charge is -2.18. The molecule has 112 valence electrons. The number of nitrogens with two attached hydrogens (primary N) is 1. The SMILES string of the molecule is NNC(Cc1ccncc1Cl)c1cccc(OC(F)F)c1. The first-order chi connectivity index (χ1) is 10.1. The number of alkyl halides is 2. The summed E-state index contributed by atoms with van der Waals surface area (Å²) < 4.78 is 28.9. The van der Waals surface area contributed by atoms with Crippen molar-refractivity contribution in [1.82, 2.24) is 10.4 Å². The molecule has 2 rings (SSSR count). The fourth-order valence-corrected chi connectivity index (χ4v) is 2.17. The van der Waals surface area contributed by atoms with Crippen molar-refractivity contribution < 1.29 is 13.5 Å². The molecule has 0 aliphatic rings. The minimum absolute atomic E-state index is 0.0866. The van der Waals surface area contributed by atoms with Gasteiger partial charge in [0, 0.05) is 12.4 Å². The van der Waals surface area contributed by atoms with Crippen LogP contribution in [0, 0.1) is 0 Å². The molecule has 0 saturated heterocycles. The summed E-state index contributed by atoms with van der Waals surface area (Å²) in [5.41, 5.74) is 4.23. The van der Waals surface area contributed by atoms with Crippen LogP contribution in [-0.2, 0) is 6.42 Å². The van der Waals surface area contributed by atoms with E-state index in [2.05, 4.69) is 15.1 Å². The van der Waals surface area contributed by atoms with Gasteiger partial charge in [0.15, 0.2) is 0 Å². The van der Waals surface area contributed by atoms with Crippen LogP contribution in [0.1, 0.15) is 17.2 Å². The molecule has 2 aromatic rings. The minimum Gasteiger partial charge on any atom is -0.435 e. The molecule has 21 heavy (non-hydrogen) atoms. The van der Waals surface area contributed by atoms with E-state index in [0.29, 0.717) is 11.4 Å². The molecule has 1 heterocycles. The zero-order valence-electron chi connectivity index (χ0n) is 11.0. The highest BCUT2D eigenvalue weighted by Gasteiger charge is 2.14. The highest BCUT2D eigenvalue weighted by atomic mass is 35.5. The Labute approximate surface area is 125 Å². The average Bonchev–Trinajstić information content (AvgIpc) is 2.46. The normalized spacial score (nSPS) is 12.4. The fourth-order valence-electron chi connectivity index (χ4n) is 1.97. The third-order valence-corrected chi connectivity index (χ3v) is 3.31. The summed E-state index contributed by atoms with van der Waals surface area (Å²) in [5, 5.41) is 0.526. The first-order valence-corrected chi connectivity index (χ1v) is 6.57. The Kier molecular flexibility index (Phi) is 5.44. The number of nitrogens with zero attached hydrogens (tertiary/aromatic N) is 1. The van der Waals surface area contributed by atoms with E-state index >= 15 is 0 Å². The van der Waals surface area contributed by atoms with Crippen molar-refractivity contribution in [3.63, 3.8) is 0 Å². The molecule has 0 radical (unpaired) electrons. The summed E-state index contributed by atoms with van der Waals surface area (Å²) in [5.74, 6) is 5.64. The summed E-state index contributed by atoms with van der Waals surface area (Å²) in [6.45, 7) is -2.86. The Morgan fingerprint density at radius 3 is 2.81 bits per heavy atom. The van der Waals surface area contributed by atoms with Crippen LogP contribution in [0.3, 0.4) is 0 Å². The molecule has 0 aliphatic heterocycles. The number of pyridine rings is 1. The number of hydrogen-bond donors (Lipinski definition) is 2. The highest BCUT2D eigenvalue weighted by molar-refractivity contribution is 6.31. The molecule has 0 bridgehead atoms. The molecule has 1 aromatic heterocycles. The summed E-state index contributed by atoms with van der Waals surface area (Å²) in [6.07, 6.45) is 3.67. The second kappa shape index (κ2) is 7.31. The van der Waals surface area contributed by atoms with Gasteiger partial charge in [-0.1, -0.05) is 23.7 Å². The van der Waals surface area contributed by atoms with Gasteiger partial charge in [-0.05, 0) is 35.7 Å². The number of aromatic nitrogens is 1. The van der Waals surface area contributed by atoms with Gasteiger partial charge in [0.1, 0.15) is 5.75 Å². The number of benzene rings is 1. The van der Waals surface area contributed by atoms with Crippen LogP contribution >= 0.6 is 11.6 Å². The molecule has 0 spiro atoms. The van der Waals surface area contributed by atoms with E-state index in [4.69, 9.17) is 17.4 Å². The maximum atomic E-state index is 12.2. The van der Waals surface area contributed by atoms with Crippen LogP contribution in [0.5, 0.6) is 5.75 Å². The quantitative estimate of drug-likeness (QED) is 0.635. The zero-order valence-corrected chi connectivity index (χ0v) is 11.7. The molecule has 1 atom stereocenters. The van der Waals surface area contributed by atoms with Crippen molar-refractivity contribution in [2.24, 2.45) is 5.84 Å². The average molecular weight is 314 g/mol. The second-order valence-corrected chi connectivity index (χ2v) is 4.75. The van der Waals surface area contributed by atoms with Gasteiger partial charge < -0.3 is 4.74 Å². The molecule has 0 saturated carbocycles. The van der Waals surface area contributed by atoms with E-state index in [1.807, 2.05) is 0 Å². The third kappa shape index (κ3) is 4.35. The van der Waals surface area contributed by atoms with Crippen molar-refractivity contribution >= 4 is 11.6 Å². The summed E-state index contributed by atoms with van der Waals surface area (Å²) in [7, 11) is 0. The molecule has 4 nitrogen and oxygen atoms in total. The molecule has 1 unspecified atom stereocenters. The van der Waals surface area contributed by atoms with Crippen molar-refractivity contribution in [3.8, 4) is 5.75 Å². The predicted molar refractivity (Wildman–Crippen MR) is 76.1 cm³/mol. The Bertz CT molecular complexity index is 598. The number of hydrazine groups is 1. The van der Waals surface area contributed by atoms with Crippen LogP contribution in [0.25, 0.3) is 0 Å². The van der Waals surface area contributed by atoms with Gasteiger partial charge in [0.25, 0.3) is 0 Å². The highest BCUT2D eigenvalue weighted by Crippen LogP contribution is 2.25. The van der Waals surface area contributed by atoms with Crippen molar-refractivity contribution in [2.45, 2.75) is 19.1 Å². The van der Waals surface area contributed by atoms with Gasteiger partial charge >= 0.3 is 6.61 Å². The molecule has 3 N–H and O–H groups in total. The van der Waals surface area contributed by atoms with E-state index < -0.39 is 6.61 Å². The molecular weight excluding hydrogens is 300 g/mol. The molecule has 0 fully saturated rings. The minimum atomic E-state index is -2.86. The monoisotopic (exact) mass is 313 g/mol. The molecule has 0 amide bonds. The Morgan fingerprint density at radius 2 is 2.14 bits per heavy atom. The van der Waals surface area contributed by atoms with Crippen LogP contribution in [0.4, 0.5) is 8.78 Å². The van der Waals surface area contributed by atoms with Crippen LogP contribution in [-0.4, -0.2) is 11.6 Å². The largest absolute Gasteiger partial charge is 0.435 e. The topological polar surface area (TPSA) is 60.2 Å². The Balaban J connectivity index is 2.19. The van der Waals surface area contributed by atoms with Gasteiger partial charge in [-0.3, -0.25) is 16.3 Å². The smallest absolute Gasteiger partial charge is 0.387 e. The summed E-state index contributed by atoms with van der Waals surface area (Å²) in [4.78, 5) is 3.91. The molecule has 0 aliphatic carbocycles. The lowest BCUT2D eigenvalue weighted by molar-refractivity contribution is -0.0499. The van der Waals surface area contributed by atoms with Crippen LogP contribution in [0.15, 0.2) is 42.7 Å². The summed E-state index contributed by atoms with van der Waals surface area (Å²) in [6, 6.07) is 7.88. The Morgan fingerprint density at radius 1 is 1.33 bits per heavy atom. The first kappa shape index (κ1) is 15.6. The van der Waals surface area contributed by atoms with E-state index in [0.717, 1.165) is 11.1 Å². The molecule has 1 aromatic carbocycles. The number of hydrogen-bond acceptors (Lipinski definition) is 4. The zero-order chi connectivity index (χ0) is 15.2. The van der Waals surface area contributed by atoms with Gasteiger partial charge in [0.05, 0.1) is 11.1 Å². The third-order valence-electron chi connectivity index (χ3n) is 2.97. The molecular formula is C14H14ClF2N3O. The van der Waals surface area contributed by atoms with Crippen molar-refractivity contribution in [1.29, 1.82) is 0 Å². The van der Waals surface area contributed by atoms with Crippen LogP contribution in [0.2, 0.25) is 5.02 Å². The lowest BCUT2D eigenvalue weighted by atomic mass is 10.00. The van der Waals surface area contributed by atoms with Crippen molar-refractivity contribution in [3.05, 3.63) is 58.9 Å². The second-order valence-electron chi connectivity index (χ2n) is 4.34. The number of rotatable bonds is 6. The fraction of sp³-hybridized carbons (Fsp3) is 0.214. The lowest BCUT2D eigenvalue weighted by Crippen LogP contribution is -2.29. The number of ether oxygens (including phenoxy) is 1. The van der Waals surface area contributed by atoms with E-state index in [9.17, 15) is 8.78 Å². The number of halogens is 3. The van der Waals surface area contributed by atoms with Crippen molar-refractivity contribution in [2.75, 3.05) is 0 Å². The standard InChI is InChI=1S/C14H14ClF2N3O/c15-12-8-19-5-4-9(12)7-13(20-18)10-2-1-3-11(6-10)21-14(16)17/h1-6,8,13-14,20H,7,18H2. The maximum absolute atomic E-state index is 12.2. The first-order valence-electron chi connectivity index (χ1n) is 6.19. The summed E-state index contributed by atoms with van der Waals surface area (Å²) >= 11 is 6.06. The number of nitrogens with one attached hydrogen (secondary N) is 1. The Hall–Kier alpha value is -1.76. The van der Waals surface area contributed by atoms with Gasteiger partial charge in [-0.25, -0.2) is 0 Å². The van der Waals surface area contributed by atoms with Crippen LogP contribution < -0.4 is 16.0 Å².